The Morgan fingerprint density at radius 3 is 2.60 bits per heavy atom. The lowest BCUT2D eigenvalue weighted by molar-refractivity contribution is 0.628. The molecule has 0 aliphatic heterocycles. The molecule has 1 heterocycles. The van der Waals surface area contributed by atoms with Crippen LogP contribution < -0.4 is 5.73 Å². The number of benzene rings is 1. The highest BCUT2D eigenvalue weighted by atomic mass is 79.9. The fourth-order valence-electron chi connectivity index (χ4n) is 1.29. The van der Waals surface area contributed by atoms with E-state index in [1.54, 1.807) is 12.1 Å². The van der Waals surface area contributed by atoms with E-state index >= 15 is 0 Å². The van der Waals surface area contributed by atoms with E-state index in [9.17, 15) is 4.39 Å². The maximum Gasteiger partial charge on any atom is 0.159 e. The van der Waals surface area contributed by atoms with Gasteiger partial charge in [-0.2, -0.15) is 0 Å². The maximum atomic E-state index is 12.7. The van der Waals surface area contributed by atoms with Crippen molar-refractivity contribution in [2.75, 3.05) is 0 Å². The Morgan fingerprint density at radius 1 is 1.33 bits per heavy atom. The summed E-state index contributed by atoms with van der Waals surface area (Å²) < 4.78 is 13.5. The second-order valence-corrected chi connectivity index (χ2v) is 5.23. The van der Waals surface area contributed by atoms with Crippen molar-refractivity contribution in [1.29, 1.82) is 0 Å². The zero-order valence-electron chi connectivity index (χ0n) is 7.71. The van der Waals surface area contributed by atoms with E-state index in [-0.39, 0.29) is 5.82 Å². The van der Waals surface area contributed by atoms with Crippen LogP contribution in [0.25, 0.3) is 10.4 Å². The Bertz CT molecular complexity index is 467. The Balaban J connectivity index is 2.48. The molecule has 2 aromatic rings. The predicted molar refractivity (Wildman–Crippen MR) is 63.1 cm³/mol. The fraction of sp³-hybridized carbons (Fsp3) is 0.100. The van der Waals surface area contributed by atoms with Crippen LogP contribution in [0.2, 0.25) is 0 Å². The lowest BCUT2D eigenvalue weighted by Crippen LogP contribution is -1.97. The second kappa shape index (κ2) is 4.38. The fourth-order valence-corrected chi connectivity index (χ4v) is 2.81. The minimum absolute atomic E-state index is 0.239. The number of rotatable bonds is 2. The summed E-state index contributed by atoms with van der Waals surface area (Å²) in [7, 11) is 0. The minimum Gasteiger partial charge on any atom is -0.325 e. The highest BCUT2D eigenvalue weighted by Gasteiger charge is 2.10. The monoisotopic (exact) mass is 286 g/mol. The number of nitrogens with two attached hydrogens (primary N) is 1. The molecule has 2 nitrogen and oxygen atoms in total. The predicted octanol–water partition coefficient (Wildman–Crippen LogP) is 3.17. The summed E-state index contributed by atoms with van der Waals surface area (Å²) in [5.74, 6) is -0.239. The van der Waals surface area contributed by atoms with E-state index in [4.69, 9.17) is 5.73 Å². The number of aromatic nitrogens is 1. The van der Waals surface area contributed by atoms with Gasteiger partial charge in [0.1, 0.15) is 5.82 Å². The topological polar surface area (TPSA) is 38.9 Å². The number of halogens is 2. The third-order valence-electron chi connectivity index (χ3n) is 1.97. The summed E-state index contributed by atoms with van der Waals surface area (Å²) in [5, 5.41) is 0. The number of hydrogen-bond acceptors (Lipinski definition) is 3. The molecule has 0 aliphatic carbocycles. The van der Waals surface area contributed by atoms with Gasteiger partial charge in [0.2, 0.25) is 0 Å². The largest absolute Gasteiger partial charge is 0.325 e. The molecule has 0 amide bonds. The van der Waals surface area contributed by atoms with E-state index in [0.29, 0.717) is 6.54 Å². The summed E-state index contributed by atoms with van der Waals surface area (Å²) in [6, 6.07) is 6.33. The molecule has 0 spiro atoms. The zero-order chi connectivity index (χ0) is 10.8. The molecule has 0 atom stereocenters. The molecule has 0 fully saturated rings. The molecular formula is C10H8BrFN2S. The normalized spacial score (nSPS) is 10.6. The number of thiazole rings is 1. The first-order chi connectivity index (χ1) is 7.20. The highest BCUT2D eigenvalue weighted by Crippen LogP contribution is 2.32. The van der Waals surface area contributed by atoms with Crippen molar-refractivity contribution in [3.05, 3.63) is 39.7 Å². The molecule has 0 saturated carbocycles. The highest BCUT2D eigenvalue weighted by molar-refractivity contribution is 9.11. The summed E-state index contributed by atoms with van der Waals surface area (Å²) in [6.45, 7) is 0.384. The van der Waals surface area contributed by atoms with Crippen molar-refractivity contribution >= 4 is 27.3 Å². The first kappa shape index (κ1) is 10.7. The lowest BCUT2D eigenvalue weighted by Gasteiger charge is -1.99. The van der Waals surface area contributed by atoms with Crippen LogP contribution in [0.4, 0.5) is 4.39 Å². The Labute approximate surface area is 99.1 Å². The summed E-state index contributed by atoms with van der Waals surface area (Å²) in [4.78, 5) is 5.23. The molecular weight excluding hydrogens is 279 g/mol. The van der Waals surface area contributed by atoms with E-state index in [0.717, 1.165) is 20.1 Å². The third-order valence-corrected chi connectivity index (χ3v) is 3.57. The zero-order valence-corrected chi connectivity index (χ0v) is 10.1. The third kappa shape index (κ3) is 2.25. The minimum atomic E-state index is -0.239. The van der Waals surface area contributed by atoms with Gasteiger partial charge in [0.05, 0.1) is 10.6 Å². The smallest absolute Gasteiger partial charge is 0.159 e. The van der Waals surface area contributed by atoms with Crippen molar-refractivity contribution < 1.29 is 4.39 Å². The van der Waals surface area contributed by atoms with Gasteiger partial charge in [-0.25, -0.2) is 9.37 Å². The van der Waals surface area contributed by atoms with Crippen LogP contribution in [0.15, 0.2) is 28.2 Å². The maximum absolute atomic E-state index is 12.7. The van der Waals surface area contributed by atoms with Crippen LogP contribution in [0, 0.1) is 5.82 Å². The average molecular weight is 287 g/mol. The molecule has 0 aliphatic rings. The van der Waals surface area contributed by atoms with Crippen molar-refractivity contribution in [1.82, 2.24) is 4.98 Å². The molecule has 15 heavy (non-hydrogen) atoms. The molecule has 78 valence electrons. The summed E-state index contributed by atoms with van der Waals surface area (Å²) in [6.07, 6.45) is 0. The molecule has 1 aromatic carbocycles. The SMILES string of the molecule is NCc1nc(Br)sc1-c1ccc(F)cc1. The quantitative estimate of drug-likeness (QED) is 0.921. The van der Waals surface area contributed by atoms with Crippen LogP contribution in [-0.4, -0.2) is 4.98 Å². The van der Waals surface area contributed by atoms with E-state index in [1.807, 2.05) is 0 Å². The van der Waals surface area contributed by atoms with Gasteiger partial charge in [-0.05, 0) is 33.6 Å². The van der Waals surface area contributed by atoms with Gasteiger partial charge in [0.15, 0.2) is 3.92 Å². The lowest BCUT2D eigenvalue weighted by atomic mass is 10.1. The second-order valence-electron chi connectivity index (χ2n) is 2.95. The Kier molecular flexibility index (Phi) is 3.14. The first-order valence-corrected chi connectivity index (χ1v) is 5.93. The van der Waals surface area contributed by atoms with Crippen LogP contribution in [0.1, 0.15) is 5.69 Å². The molecule has 0 unspecified atom stereocenters. The average Bonchev–Trinajstić information content (AvgIpc) is 2.61. The van der Waals surface area contributed by atoms with Crippen LogP contribution in [-0.2, 0) is 6.54 Å². The Hall–Kier alpha value is -0.780. The molecule has 2 N–H and O–H groups in total. The molecule has 0 bridgehead atoms. The molecule has 5 heteroatoms. The van der Waals surface area contributed by atoms with Gasteiger partial charge >= 0.3 is 0 Å². The molecule has 0 radical (unpaired) electrons. The van der Waals surface area contributed by atoms with Gasteiger partial charge in [-0.15, -0.1) is 11.3 Å². The molecule has 2 rings (SSSR count). The Morgan fingerprint density at radius 2 is 2.00 bits per heavy atom. The molecule has 1 aromatic heterocycles. The standard InChI is InChI=1S/C10H8BrFN2S/c11-10-14-8(5-13)9(15-10)6-1-3-7(12)4-2-6/h1-4H,5,13H2. The van der Waals surface area contributed by atoms with Crippen LogP contribution in [0.3, 0.4) is 0 Å². The van der Waals surface area contributed by atoms with Gasteiger partial charge in [-0.1, -0.05) is 12.1 Å². The van der Waals surface area contributed by atoms with Gasteiger partial charge in [0.25, 0.3) is 0 Å². The van der Waals surface area contributed by atoms with Crippen LogP contribution >= 0.6 is 27.3 Å². The van der Waals surface area contributed by atoms with Crippen molar-refractivity contribution in [3.8, 4) is 10.4 Å². The summed E-state index contributed by atoms with van der Waals surface area (Å²) >= 11 is 4.81. The van der Waals surface area contributed by atoms with E-state index < -0.39 is 0 Å². The first-order valence-electron chi connectivity index (χ1n) is 4.32. The summed E-state index contributed by atoms with van der Waals surface area (Å²) in [5.41, 5.74) is 7.36. The van der Waals surface area contributed by atoms with Crippen molar-refractivity contribution in [2.24, 2.45) is 5.73 Å². The van der Waals surface area contributed by atoms with Gasteiger partial charge in [-0.3, -0.25) is 0 Å². The van der Waals surface area contributed by atoms with E-state index in [2.05, 4.69) is 20.9 Å². The van der Waals surface area contributed by atoms with Crippen molar-refractivity contribution in [2.45, 2.75) is 6.54 Å². The number of hydrogen-bond donors (Lipinski definition) is 1. The number of nitrogens with zero attached hydrogens (tertiary/aromatic N) is 1. The van der Waals surface area contributed by atoms with Crippen LogP contribution in [0.5, 0.6) is 0 Å². The van der Waals surface area contributed by atoms with E-state index in [1.165, 1.54) is 23.5 Å². The molecule has 0 saturated heterocycles. The van der Waals surface area contributed by atoms with Gasteiger partial charge < -0.3 is 5.73 Å². The van der Waals surface area contributed by atoms with Crippen molar-refractivity contribution in [3.63, 3.8) is 0 Å². The van der Waals surface area contributed by atoms with Gasteiger partial charge in [0, 0.05) is 6.54 Å².